The molecule has 0 radical (unpaired) electrons. The second-order valence-electron chi connectivity index (χ2n) is 7.49. The van der Waals surface area contributed by atoms with E-state index in [9.17, 15) is 4.79 Å². The number of amides is 1. The molecule has 0 saturated carbocycles. The zero-order valence-corrected chi connectivity index (χ0v) is 20.0. The Morgan fingerprint density at radius 3 is 2.72 bits per heavy atom. The molecule has 1 aromatic carbocycles. The normalized spacial score (nSPS) is 12.3. The molecule has 166 valence electrons. The van der Waals surface area contributed by atoms with Gasteiger partial charge in [-0.05, 0) is 59.7 Å². The molecule has 1 unspecified atom stereocenters. The van der Waals surface area contributed by atoms with Crippen LogP contribution in [0.4, 0.5) is 0 Å². The van der Waals surface area contributed by atoms with Crippen molar-refractivity contribution in [3.63, 3.8) is 0 Å². The maximum absolute atomic E-state index is 13.1. The zero-order valence-electron chi connectivity index (χ0n) is 18.4. The van der Waals surface area contributed by atoms with Gasteiger partial charge in [-0.2, -0.15) is 11.3 Å². The Kier molecular flexibility index (Phi) is 7.63. The van der Waals surface area contributed by atoms with Gasteiger partial charge in [0.2, 0.25) is 0 Å². The van der Waals surface area contributed by atoms with Gasteiger partial charge in [-0.15, -0.1) is 11.8 Å². The zero-order chi connectivity index (χ0) is 22.3. The second-order valence-corrected chi connectivity index (χ2v) is 9.28. The maximum Gasteiger partial charge on any atom is 0.252 e. The number of hydrogen-bond acceptors (Lipinski definition) is 5. The number of aromatic nitrogens is 2. The number of thioether (sulfide) groups is 1. The van der Waals surface area contributed by atoms with Crippen LogP contribution in [-0.4, -0.2) is 39.8 Å². The van der Waals surface area contributed by atoms with Crippen molar-refractivity contribution < 1.29 is 4.79 Å². The number of nitrogens with zero attached hydrogens (tertiary/aromatic N) is 3. The van der Waals surface area contributed by atoms with Crippen LogP contribution in [0.2, 0.25) is 0 Å². The molecule has 3 heterocycles. The molecule has 0 bridgehead atoms. The van der Waals surface area contributed by atoms with Gasteiger partial charge in [0.15, 0.2) is 0 Å². The first-order valence-electron chi connectivity index (χ1n) is 10.9. The van der Waals surface area contributed by atoms with E-state index in [1.54, 1.807) is 23.1 Å². The molecule has 0 spiro atoms. The van der Waals surface area contributed by atoms with Gasteiger partial charge in [0, 0.05) is 29.6 Å². The minimum absolute atomic E-state index is 0.0320. The fraction of sp³-hybridized carbons (Fsp3) is 0.280. The van der Waals surface area contributed by atoms with E-state index < -0.39 is 0 Å². The van der Waals surface area contributed by atoms with E-state index in [4.69, 9.17) is 0 Å². The number of imidazole rings is 1. The van der Waals surface area contributed by atoms with E-state index in [1.165, 1.54) is 5.56 Å². The van der Waals surface area contributed by atoms with Crippen molar-refractivity contribution in [2.45, 2.75) is 30.5 Å². The molecule has 0 aliphatic carbocycles. The standard InChI is InChI=1S/C25H28N4OS2/c1-3-28(4-2)22(19-12-14-31-17-19)15-26-25(30)21-9-5-6-10-23(21)32-18-20-16-29-13-8-7-11-24(29)27-20/h5-14,16-17,22H,3-4,15,18H2,1-2H3,(H,26,30). The number of carbonyl (C=O) groups excluding carboxylic acids is 1. The number of fused-ring (bicyclic) bond motifs is 1. The Bertz CT molecular complexity index is 1120. The van der Waals surface area contributed by atoms with Crippen LogP contribution in [0, 0.1) is 0 Å². The monoisotopic (exact) mass is 464 g/mol. The third-order valence-electron chi connectivity index (χ3n) is 5.56. The molecule has 7 heteroatoms. The Balaban J connectivity index is 1.44. The van der Waals surface area contributed by atoms with Gasteiger partial charge in [-0.1, -0.05) is 32.0 Å². The van der Waals surface area contributed by atoms with Crippen LogP contribution in [0.1, 0.15) is 41.5 Å². The average Bonchev–Trinajstić information content (AvgIpc) is 3.50. The second kappa shape index (κ2) is 10.8. The summed E-state index contributed by atoms with van der Waals surface area (Å²) in [6, 6.07) is 16.1. The summed E-state index contributed by atoms with van der Waals surface area (Å²) in [6.07, 6.45) is 4.04. The first-order chi connectivity index (χ1) is 15.7. The van der Waals surface area contributed by atoms with Crippen molar-refractivity contribution in [2.75, 3.05) is 19.6 Å². The summed E-state index contributed by atoms with van der Waals surface area (Å²) >= 11 is 3.34. The van der Waals surface area contributed by atoms with Crippen molar-refractivity contribution in [2.24, 2.45) is 0 Å². The summed E-state index contributed by atoms with van der Waals surface area (Å²) in [5.41, 5.74) is 3.90. The van der Waals surface area contributed by atoms with E-state index >= 15 is 0 Å². The third-order valence-corrected chi connectivity index (χ3v) is 7.37. The fourth-order valence-electron chi connectivity index (χ4n) is 3.86. The lowest BCUT2D eigenvalue weighted by Gasteiger charge is -2.29. The van der Waals surface area contributed by atoms with Crippen molar-refractivity contribution >= 4 is 34.7 Å². The Morgan fingerprint density at radius 1 is 1.16 bits per heavy atom. The van der Waals surface area contributed by atoms with E-state index in [-0.39, 0.29) is 11.9 Å². The van der Waals surface area contributed by atoms with Gasteiger partial charge in [0.05, 0.1) is 17.3 Å². The fourth-order valence-corrected chi connectivity index (χ4v) is 5.50. The summed E-state index contributed by atoms with van der Waals surface area (Å²) < 4.78 is 2.02. The minimum Gasteiger partial charge on any atom is -0.350 e. The average molecular weight is 465 g/mol. The molecule has 1 N–H and O–H groups in total. The highest BCUT2D eigenvalue weighted by molar-refractivity contribution is 7.98. The van der Waals surface area contributed by atoms with Gasteiger partial charge in [0.1, 0.15) is 5.65 Å². The Labute approximate surface area is 197 Å². The van der Waals surface area contributed by atoms with Crippen molar-refractivity contribution in [1.29, 1.82) is 0 Å². The quantitative estimate of drug-likeness (QED) is 0.315. The summed E-state index contributed by atoms with van der Waals surface area (Å²) in [7, 11) is 0. The number of thiophene rings is 1. The van der Waals surface area contributed by atoms with Crippen LogP contribution >= 0.6 is 23.1 Å². The van der Waals surface area contributed by atoms with Crippen molar-refractivity contribution in [1.82, 2.24) is 19.6 Å². The first-order valence-corrected chi connectivity index (χ1v) is 12.8. The molecule has 4 aromatic rings. The Morgan fingerprint density at radius 2 is 1.97 bits per heavy atom. The number of benzene rings is 1. The van der Waals surface area contributed by atoms with Crippen LogP contribution in [0.25, 0.3) is 5.65 Å². The predicted molar refractivity (Wildman–Crippen MR) is 134 cm³/mol. The van der Waals surface area contributed by atoms with Crippen LogP contribution in [0.3, 0.4) is 0 Å². The lowest BCUT2D eigenvalue weighted by molar-refractivity contribution is 0.0932. The van der Waals surface area contributed by atoms with Crippen molar-refractivity contribution in [3.05, 3.63) is 88.5 Å². The van der Waals surface area contributed by atoms with Crippen LogP contribution < -0.4 is 5.32 Å². The smallest absolute Gasteiger partial charge is 0.252 e. The van der Waals surface area contributed by atoms with E-state index in [1.807, 2.05) is 59.3 Å². The molecular weight excluding hydrogens is 436 g/mol. The number of pyridine rings is 1. The van der Waals surface area contributed by atoms with Crippen LogP contribution in [-0.2, 0) is 5.75 Å². The molecular formula is C25H28N4OS2. The lowest BCUT2D eigenvalue weighted by atomic mass is 10.1. The van der Waals surface area contributed by atoms with Crippen LogP contribution in [0.15, 0.2) is 76.6 Å². The first kappa shape index (κ1) is 22.6. The molecule has 5 nitrogen and oxygen atoms in total. The van der Waals surface area contributed by atoms with Gasteiger partial charge >= 0.3 is 0 Å². The number of nitrogens with one attached hydrogen (secondary N) is 1. The van der Waals surface area contributed by atoms with Gasteiger partial charge in [-0.3, -0.25) is 9.69 Å². The number of hydrogen-bond donors (Lipinski definition) is 1. The summed E-state index contributed by atoms with van der Waals surface area (Å²) in [5, 5.41) is 7.46. The molecule has 1 amide bonds. The third kappa shape index (κ3) is 5.23. The summed E-state index contributed by atoms with van der Waals surface area (Å²) in [4.78, 5) is 21.1. The number of likely N-dealkylation sites (N-methyl/N-ethyl adjacent to an activating group) is 1. The molecule has 3 aromatic heterocycles. The van der Waals surface area contributed by atoms with Crippen molar-refractivity contribution in [3.8, 4) is 0 Å². The molecule has 0 fully saturated rings. The highest BCUT2D eigenvalue weighted by Crippen LogP contribution is 2.27. The highest BCUT2D eigenvalue weighted by Gasteiger charge is 2.20. The molecule has 0 saturated heterocycles. The minimum atomic E-state index is -0.0320. The predicted octanol–water partition coefficient (Wildman–Crippen LogP) is 5.50. The largest absolute Gasteiger partial charge is 0.350 e. The molecule has 0 aliphatic rings. The van der Waals surface area contributed by atoms with E-state index in [0.29, 0.717) is 17.9 Å². The maximum atomic E-state index is 13.1. The molecule has 1 atom stereocenters. The molecule has 0 aliphatic heterocycles. The topological polar surface area (TPSA) is 49.6 Å². The summed E-state index contributed by atoms with van der Waals surface area (Å²) in [5.74, 6) is 0.679. The van der Waals surface area contributed by atoms with Crippen LogP contribution in [0.5, 0.6) is 0 Å². The molecule has 4 rings (SSSR count). The van der Waals surface area contributed by atoms with Gasteiger partial charge in [-0.25, -0.2) is 4.98 Å². The van der Waals surface area contributed by atoms with E-state index in [0.717, 1.165) is 29.3 Å². The molecule has 32 heavy (non-hydrogen) atoms. The van der Waals surface area contributed by atoms with Gasteiger partial charge < -0.3 is 9.72 Å². The lowest BCUT2D eigenvalue weighted by Crippen LogP contribution is -2.38. The highest BCUT2D eigenvalue weighted by atomic mass is 32.2. The number of carbonyl (C=O) groups is 1. The van der Waals surface area contributed by atoms with E-state index in [2.05, 4.69) is 45.9 Å². The SMILES string of the molecule is CCN(CC)C(CNC(=O)c1ccccc1SCc1cn2ccccc2n1)c1ccsc1. The summed E-state index contributed by atoms with van der Waals surface area (Å²) in [6.45, 7) is 6.80. The number of rotatable bonds is 10. The Hall–Kier alpha value is -2.61. The van der Waals surface area contributed by atoms with Gasteiger partial charge in [0.25, 0.3) is 5.91 Å².